The first-order valence-electron chi connectivity index (χ1n) is 24.7. The third-order valence-corrected chi connectivity index (χ3v) is 17.1. The number of anilines is 2. The molecule has 0 saturated heterocycles. The summed E-state index contributed by atoms with van der Waals surface area (Å²) in [6.07, 6.45) is 8.38. The van der Waals surface area contributed by atoms with Crippen molar-refractivity contribution in [1.82, 2.24) is 24.7 Å². The number of aromatic nitrogens is 2. The van der Waals surface area contributed by atoms with Crippen molar-refractivity contribution in [3.05, 3.63) is 58.8 Å². The van der Waals surface area contributed by atoms with Crippen LogP contribution in [0.15, 0.2) is 58.6 Å². The molecule has 0 radical (unpaired) electrons. The van der Waals surface area contributed by atoms with E-state index in [-0.39, 0.29) is 40.0 Å². The van der Waals surface area contributed by atoms with Crippen molar-refractivity contribution in [1.29, 1.82) is 0 Å². The molecule has 0 spiro atoms. The zero-order valence-corrected chi connectivity index (χ0v) is 47.7. The average Bonchev–Trinajstić information content (AvgIpc) is 3.93. The summed E-state index contributed by atoms with van der Waals surface area (Å²) in [6, 6.07) is 9.92. The van der Waals surface area contributed by atoms with Crippen molar-refractivity contribution in [2.24, 2.45) is 5.73 Å². The molecule has 18 nitrogen and oxygen atoms in total. The lowest BCUT2D eigenvalue weighted by Gasteiger charge is -2.29. The van der Waals surface area contributed by atoms with E-state index in [1.165, 1.54) is 34.8 Å². The van der Waals surface area contributed by atoms with E-state index in [4.69, 9.17) is 19.9 Å². The van der Waals surface area contributed by atoms with Crippen molar-refractivity contribution in [2.75, 3.05) is 10.6 Å². The van der Waals surface area contributed by atoms with Gasteiger partial charge in [0.25, 0.3) is 0 Å². The van der Waals surface area contributed by atoms with Crippen LogP contribution in [-0.4, -0.2) is 86.1 Å². The molecule has 3 amide bonds. The number of amides is 3. The number of alkyl carbamates (subject to hydrolysis) is 1. The number of thiazole rings is 2. The first-order chi connectivity index (χ1) is 33.8. The van der Waals surface area contributed by atoms with Crippen LogP contribution in [-0.2, 0) is 34.3 Å². The molecule has 6 rings (SSSR count). The van der Waals surface area contributed by atoms with Gasteiger partial charge in [-0.3, -0.25) is 10.6 Å². The number of nitrogens with zero attached hydrogens (tertiary/aromatic N) is 2. The number of hydrogen-bond acceptors (Lipinski definition) is 15. The number of benzene rings is 2. The highest BCUT2D eigenvalue weighted by Crippen LogP contribution is 2.42. The van der Waals surface area contributed by atoms with Gasteiger partial charge in [-0.15, -0.1) is 22.7 Å². The molecule has 2 aromatic heterocycles. The number of carbonyl (C=O) groups is 3. The Labute approximate surface area is 440 Å². The molecule has 0 atom stereocenters. The van der Waals surface area contributed by atoms with Crippen LogP contribution in [0.25, 0.3) is 20.9 Å². The van der Waals surface area contributed by atoms with E-state index in [0.717, 1.165) is 71.1 Å². The number of carbonyl (C=O) groups excluding carboxylic acids is 3. The van der Waals surface area contributed by atoms with Gasteiger partial charge in [0, 0.05) is 69.9 Å². The van der Waals surface area contributed by atoms with E-state index in [9.17, 15) is 31.2 Å². The lowest BCUT2D eigenvalue weighted by atomic mass is 9.86. The van der Waals surface area contributed by atoms with E-state index in [1.807, 2.05) is 20.8 Å². The molecule has 404 valence electrons. The predicted molar refractivity (Wildman–Crippen MR) is 289 cm³/mol. The van der Waals surface area contributed by atoms with Gasteiger partial charge in [0.2, 0.25) is 20.0 Å². The summed E-state index contributed by atoms with van der Waals surface area (Å²) in [4.78, 5) is 47.2. The van der Waals surface area contributed by atoms with Gasteiger partial charge in [-0.25, -0.2) is 50.6 Å². The Balaban J connectivity index is 0.000000276. The largest absolute Gasteiger partial charge is 0.447 e. The van der Waals surface area contributed by atoms with Crippen LogP contribution in [0.2, 0.25) is 0 Å². The minimum absolute atomic E-state index is 0.0465. The van der Waals surface area contributed by atoms with Crippen molar-refractivity contribution in [2.45, 2.75) is 204 Å². The van der Waals surface area contributed by atoms with Crippen molar-refractivity contribution in [3.8, 4) is 20.9 Å². The minimum atomic E-state index is -3.94. The summed E-state index contributed by atoms with van der Waals surface area (Å²) in [5.41, 5.74) is 5.81. The zero-order valence-electron chi connectivity index (χ0n) is 44.4. The Bertz CT molecular complexity index is 2760. The summed E-state index contributed by atoms with van der Waals surface area (Å²) in [5.74, 6) is 0.568. The van der Waals surface area contributed by atoms with E-state index >= 15 is 0 Å². The second-order valence-electron chi connectivity index (χ2n) is 22.2. The van der Waals surface area contributed by atoms with Gasteiger partial charge in [-0.2, -0.15) is 0 Å². The number of rotatable bonds is 13. The van der Waals surface area contributed by atoms with Crippen LogP contribution in [0.1, 0.15) is 163 Å². The number of nitrogens with two attached hydrogens (primary N) is 1. The van der Waals surface area contributed by atoms with Crippen molar-refractivity contribution < 1.29 is 45.4 Å². The number of nitrogens with one attached hydrogen (secondary N) is 5. The first kappa shape index (κ1) is 59.2. The molecular formula is C51H76N8O10S4. The Hall–Kier alpha value is -4.71. The van der Waals surface area contributed by atoms with Gasteiger partial charge < -0.3 is 25.3 Å². The fourth-order valence-electron chi connectivity index (χ4n) is 8.22. The van der Waals surface area contributed by atoms with Crippen LogP contribution < -0.4 is 31.1 Å². The van der Waals surface area contributed by atoms with E-state index < -0.39 is 55.0 Å². The van der Waals surface area contributed by atoms with Crippen LogP contribution in [0.5, 0.6) is 0 Å². The number of ether oxygens (including phenoxy) is 3. The number of sulfonamides is 2. The summed E-state index contributed by atoms with van der Waals surface area (Å²) in [5, 5.41) is 10.1. The maximum absolute atomic E-state index is 13.5. The smallest absolute Gasteiger partial charge is 0.411 e. The molecule has 2 aliphatic rings. The Morgan fingerprint density at radius 2 is 0.986 bits per heavy atom. The Morgan fingerprint density at radius 1 is 0.603 bits per heavy atom. The summed E-state index contributed by atoms with van der Waals surface area (Å²) >= 11 is 2.98. The molecule has 2 aromatic carbocycles. The lowest BCUT2D eigenvalue weighted by molar-refractivity contribution is 0.0490. The molecule has 22 heteroatoms. The maximum atomic E-state index is 13.5. The van der Waals surface area contributed by atoms with Gasteiger partial charge >= 0.3 is 18.3 Å². The Morgan fingerprint density at radius 3 is 1.34 bits per heavy atom. The molecule has 2 fully saturated rings. The molecule has 2 heterocycles. The fraction of sp³-hybridized carbons (Fsp3) is 0.588. The highest BCUT2D eigenvalue weighted by atomic mass is 32.2. The van der Waals surface area contributed by atoms with E-state index in [0.29, 0.717) is 28.4 Å². The van der Waals surface area contributed by atoms with Crippen LogP contribution >= 0.6 is 22.7 Å². The third kappa shape index (κ3) is 18.6. The molecule has 0 bridgehead atoms. The number of hydrogen-bond donors (Lipinski definition) is 6. The molecule has 0 aliphatic heterocycles. The van der Waals surface area contributed by atoms with Crippen LogP contribution in [0.4, 0.5) is 25.8 Å². The van der Waals surface area contributed by atoms with Crippen LogP contribution in [0.3, 0.4) is 0 Å². The molecular weight excluding hydrogens is 1010 g/mol. The summed E-state index contributed by atoms with van der Waals surface area (Å²) in [7, 11) is -7.82. The van der Waals surface area contributed by atoms with Gasteiger partial charge in [0.05, 0.1) is 41.8 Å². The fourth-order valence-corrected chi connectivity index (χ4v) is 13.9. The first-order valence-corrected chi connectivity index (χ1v) is 29.3. The quantitative estimate of drug-likeness (QED) is 0.0682. The van der Waals surface area contributed by atoms with Crippen molar-refractivity contribution >= 4 is 72.4 Å². The highest BCUT2D eigenvalue weighted by Gasteiger charge is 2.31. The van der Waals surface area contributed by atoms with Crippen LogP contribution in [0, 0.1) is 0 Å². The zero-order chi connectivity index (χ0) is 54.3. The molecule has 2 saturated carbocycles. The molecule has 73 heavy (non-hydrogen) atoms. The van der Waals surface area contributed by atoms with Gasteiger partial charge in [0.15, 0.2) is 0 Å². The monoisotopic (exact) mass is 1090 g/mol. The average molecular weight is 1090 g/mol. The Kier molecular flexibility index (Phi) is 19.7. The van der Waals surface area contributed by atoms with Gasteiger partial charge in [-0.05, 0) is 166 Å². The molecule has 7 N–H and O–H groups in total. The third-order valence-electron chi connectivity index (χ3n) is 11.1. The SMILES string of the molecule is CC(C)OC(=O)Nc1ccc(-c2cnc(C3CCC(N)CC3)s2)c(S(=O)(=O)NC(C)(C)C)c1.CC(C)OC(=O)Nc1ccc(-c2cnc(C3CCC(NC(=O)OC(C)(C)C)CC3)s2)c(S(=O)(=O)NC(C)(C)C)c1. The molecule has 2 aliphatic carbocycles. The topological polar surface area (TPSA) is 259 Å². The van der Waals surface area contributed by atoms with Crippen molar-refractivity contribution in [3.63, 3.8) is 0 Å². The summed E-state index contributed by atoms with van der Waals surface area (Å²) in [6.45, 7) is 23.1. The van der Waals surface area contributed by atoms with E-state index in [1.54, 1.807) is 106 Å². The molecule has 0 unspecified atom stereocenters. The summed E-state index contributed by atoms with van der Waals surface area (Å²) < 4.78 is 74.6. The minimum Gasteiger partial charge on any atom is -0.447 e. The van der Waals surface area contributed by atoms with E-state index in [2.05, 4.69) is 35.4 Å². The van der Waals surface area contributed by atoms with Gasteiger partial charge in [-0.1, -0.05) is 12.1 Å². The maximum Gasteiger partial charge on any atom is 0.411 e. The predicted octanol–water partition coefficient (Wildman–Crippen LogP) is 11.2. The highest BCUT2D eigenvalue weighted by molar-refractivity contribution is 7.90. The second kappa shape index (κ2) is 24.3. The standard InChI is InChI=1S/C28H42N4O6S2.C23H34N4O4S2/c1-17(2)37-25(33)31-20-13-14-21(23(15-20)40(35,36)32-27(3,4)5)22-16-29-24(39-22)18-9-11-19(12-10-18)30-26(34)38-28(6,7)8;1-14(2)31-22(28)26-17-10-11-18(20(12-17)33(29,30)27-23(3,4)5)19-13-25-21(32-19)15-6-8-16(24)9-7-15/h13-19,32H,9-12H2,1-8H3,(H,30,34)(H,31,33);10-16,27H,6-9,24H2,1-5H3,(H,26,28). The normalized spacial score (nSPS) is 18.8. The second-order valence-corrected chi connectivity index (χ2v) is 27.6. The van der Waals surface area contributed by atoms with Gasteiger partial charge in [0.1, 0.15) is 5.60 Å². The molecule has 4 aromatic rings. The lowest BCUT2D eigenvalue weighted by Crippen LogP contribution is -2.40.